The Kier molecular flexibility index (Phi) is 3.69. The number of hydrogen-bond acceptors (Lipinski definition) is 5. The van der Waals surface area contributed by atoms with Crippen LogP contribution in [0, 0.1) is 10.1 Å². The number of nitro groups is 1. The predicted molar refractivity (Wildman–Crippen MR) is 83.0 cm³/mol. The van der Waals surface area contributed by atoms with Gasteiger partial charge in [0.2, 0.25) is 5.82 Å². The summed E-state index contributed by atoms with van der Waals surface area (Å²) in [6.07, 6.45) is 4.47. The van der Waals surface area contributed by atoms with Gasteiger partial charge in [-0.15, -0.1) is 0 Å². The Labute approximate surface area is 124 Å². The van der Waals surface area contributed by atoms with E-state index in [9.17, 15) is 10.1 Å². The molecule has 2 fully saturated rings. The maximum atomic E-state index is 11.3. The van der Waals surface area contributed by atoms with Gasteiger partial charge in [0.1, 0.15) is 5.82 Å². The standard InChI is InChI=1S/C15H22N4O2/c1-11-5-3-9-17(11)14-8-7-13(19(20)21)15(16-14)18-10-4-6-12(18)2/h7-8,11-12H,3-6,9-10H2,1-2H3. The maximum Gasteiger partial charge on any atom is 0.311 e. The van der Waals surface area contributed by atoms with E-state index in [-0.39, 0.29) is 10.6 Å². The summed E-state index contributed by atoms with van der Waals surface area (Å²) in [5.74, 6) is 1.42. The molecule has 2 unspecified atom stereocenters. The highest BCUT2D eigenvalue weighted by Gasteiger charge is 2.30. The van der Waals surface area contributed by atoms with E-state index in [0.29, 0.717) is 17.9 Å². The number of rotatable bonds is 3. The molecule has 2 aliphatic rings. The molecule has 0 spiro atoms. The molecule has 6 nitrogen and oxygen atoms in total. The summed E-state index contributed by atoms with van der Waals surface area (Å²) >= 11 is 0. The van der Waals surface area contributed by atoms with Crippen molar-refractivity contribution in [3.8, 4) is 0 Å². The zero-order valence-corrected chi connectivity index (χ0v) is 12.7. The fourth-order valence-electron chi connectivity index (χ4n) is 3.47. The fourth-order valence-corrected chi connectivity index (χ4v) is 3.47. The van der Waals surface area contributed by atoms with Gasteiger partial charge in [-0.3, -0.25) is 10.1 Å². The first-order chi connectivity index (χ1) is 10.1. The fraction of sp³-hybridized carbons (Fsp3) is 0.667. The zero-order chi connectivity index (χ0) is 15.0. The third-order valence-electron chi connectivity index (χ3n) is 4.71. The number of hydrogen-bond donors (Lipinski definition) is 0. The summed E-state index contributed by atoms with van der Waals surface area (Å²) in [5, 5.41) is 11.3. The summed E-state index contributed by atoms with van der Waals surface area (Å²) in [6.45, 7) is 6.15. The lowest BCUT2D eigenvalue weighted by atomic mass is 10.2. The molecule has 0 bridgehead atoms. The second-order valence-electron chi connectivity index (χ2n) is 6.14. The topological polar surface area (TPSA) is 62.5 Å². The Morgan fingerprint density at radius 2 is 1.76 bits per heavy atom. The molecule has 2 saturated heterocycles. The normalized spacial score (nSPS) is 25.6. The highest BCUT2D eigenvalue weighted by Crippen LogP contribution is 2.35. The summed E-state index contributed by atoms with van der Waals surface area (Å²) < 4.78 is 0. The van der Waals surface area contributed by atoms with E-state index in [1.165, 1.54) is 0 Å². The van der Waals surface area contributed by atoms with Gasteiger partial charge in [0.25, 0.3) is 0 Å². The van der Waals surface area contributed by atoms with Gasteiger partial charge in [0, 0.05) is 31.2 Å². The largest absolute Gasteiger partial charge is 0.354 e. The molecule has 2 aliphatic heterocycles. The van der Waals surface area contributed by atoms with Crippen LogP contribution in [0.15, 0.2) is 12.1 Å². The quantitative estimate of drug-likeness (QED) is 0.632. The van der Waals surface area contributed by atoms with Gasteiger partial charge in [-0.05, 0) is 45.6 Å². The molecule has 0 saturated carbocycles. The SMILES string of the molecule is CC1CCCN1c1ccc([N+](=O)[O-])c(N2CCCC2C)n1. The molecule has 2 atom stereocenters. The van der Waals surface area contributed by atoms with Gasteiger partial charge < -0.3 is 9.80 Å². The highest BCUT2D eigenvalue weighted by molar-refractivity contribution is 5.63. The van der Waals surface area contributed by atoms with E-state index in [1.54, 1.807) is 12.1 Å². The Morgan fingerprint density at radius 3 is 2.29 bits per heavy atom. The number of anilines is 2. The van der Waals surface area contributed by atoms with Crippen molar-refractivity contribution in [2.45, 2.75) is 51.6 Å². The van der Waals surface area contributed by atoms with Crippen molar-refractivity contribution in [2.24, 2.45) is 0 Å². The average molecular weight is 290 g/mol. The molecule has 3 heterocycles. The van der Waals surface area contributed by atoms with Crippen molar-refractivity contribution >= 4 is 17.3 Å². The van der Waals surface area contributed by atoms with Crippen LogP contribution in [0.3, 0.4) is 0 Å². The average Bonchev–Trinajstić information content (AvgIpc) is 3.06. The second kappa shape index (κ2) is 5.50. The minimum atomic E-state index is -0.315. The molecule has 21 heavy (non-hydrogen) atoms. The van der Waals surface area contributed by atoms with Crippen LogP contribution < -0.4 is 9.80 Å². The van der Waals surface area contributed by atoms with Gasteiger partial charge in [-0.2, -0.15) is 0 Å². The molecule has 1 aromatic rings. The second-order valence-corrected chi connectivity index (χ2v) is 6.14. The first-order valence-corrected chi connectivity index (χ1v) is 7.76. The Balaban J connectivity index is 2.00. The van der Waals surface area contributed by atoms with E-state index < -0.39 is 0 Å². The lowest BCUT2D eigenvalue weighted by Gasteiger charge is -2.26. The van der Waals surface area contributed by atoms with Crippen molar-refractivity contribution < 1.29 is 4.92 Å². The summed E-state index contributed by atoms with van der Waals surface area (Å²) in [4.78, 5) is 20.0. The van der Waals surface area contributed by atoms with Crippen molar-refractivity contribution in [2.75, 3.05) is 22.9 Å². The first kappa shape index (κ1) is 14.1. The third kappa shape index (κ3) is 2.54. The maximum absolute atomic E-state index is 11.3. The minimum absolute atomic E-state index is 0.124. The predicted octanol–water partition coefficient (Wildman–Crippen LogP) is 2.97. The van der Waals surface area contributed by atoms with Gasteiger partial charge in [0.05, 0.1) is 4.92 Å². The molecule has 0 aliphatic carbocycles. The number of pyridine rings is 1. The molecule has 0 N–H and O–H groups in total. The van der Waals surface area contributed by atoms with Crippen LogP contribution in [-0.4, -0.2) is 35.1 Å². The van der Waals surface area contributed by atoms with Crippen LogP contribution in [0.25, 0.3) is 0 Å². The minimum Gasteiger partial charge on any atom is -0.354 e. The van der Waals surface area contributed by atoms with E-state index in [2.05, 4.69) is 28.6 Å². The first-order valence-electron chi connectivity index (χ1n) is 7.76. The van der Waals surface area contributed by atoms with E-state index in [1.807, 2.05) is 0 Å². The highest BCUT2D eigenvalue weighted by atomic mass is 16.6. The number of nitrogens with zero attached hydrogens (tertiary/aromatic N) is 4. The van der Waals surface area contributed by atoms with E-state index in [0.717, 1.165) is 44.6 Å². The molecule has 0 amide bonds. The lowest BCUT2D eigenvalue weighted by molar-refractivity contribution is -0.384. The van der Waals surface area contributed by atoms with Gasteiger partial charge in [-0.25, -0.2) is 4.98 Å². The molecule has 114 valence electrons. The third-order valence-corrected chi connectivity index (χ3v) is 4.71. The summed E-state index contributed by atoms with van der Waals surface area (Å²) in [6, 6.07) is 4.20. The van der Waals surface area contributed by atoms with Crippen molar-refractivity contribution in [1.82, 2.24) is 4.98 Å². The summed E-state index contributed by atoms with van der Waals surface area (Å²) in [7, 11) is 0. The smallest absolute Gasteiger partial charge is 0.311 e. The van der Waals surface area contributed by atoms with Crippen LogP contribution in [0.4, 0.5) is 17.3 Å². The van der Waals surface area contributed by atoms with Crippen LogP contribution in [0.2, 0.25) is 0 Å². The van der Waals surface area contributed by atoms with Crippen molar-refractivity contribution in [3.05, 3.63) is 22.2 Å². The number of aromatic nitrogens is 1. The Hall–Kier alpha value is -1.85. The molecule has 1 aromatic heterocycles. The zero-order valence-electron chi connectivity index (χ0n) is 12.7. The van der Waals surface area contributed by atoms with Gasteiger partial charge >= 0.3 is 5.69 Å². The van der Waals surface area contributed by atoms with E-state index >= 15 is 0 Å². The van der Waals surface area contributed by atoms with Crippen molar-refractivity contribution in [1.29, 1.82) is 0 Å². The van der Waals surface area contributed by atoms with Crippen LogP contribution >= 0.6 is 0 Å². The van der Waals surface area contributed by atoms with Crippen LogP contribution in [-0.2, 0) is 0 Å². The lowest BCUT2D eigenvalue weighted by Crippen LogP contribution is -2.31. The molecule has 0 radical (unpaired) electrons. The van der Waals surface area contributed by atoms with Gasteiger partial charge in [-0.1, -0.05) is 0 Å². The molecule has 0 aromatic carbocycles. The van der Waals surface area contributed by atoms with E-state index in [4.69, 9.17) is 0 Å². The Morgan fingerprint density at radius 1 is 1.14 bits per heavy atom. The molecule has 6 heteroatoms. The van der Waals surface area contributed by atoms with Crippen LogP contribution in [0.1, 0.15) is 39.5 Å². The monoisotopic (exact) mass is 290 g/mol. The molecule has 3 rings (SSSR count). The molecular weight excluding hydrogens is 268 g/mol. The summed E-state index contributed by atoms with van der Waals surface area (Å²) in [5.41, 5.74) is 0.124. The van der Waals surface area contributed by atoms with Crippen LogP contribution in [0.5, 0.6) is 0 Å². The Bertz CT molecular complexity index is 548. The molecular formula is C15H22N4O2. The van der Waals surface area contributed by atoms with Crippen molar-refractivity contribution in [3.63, 3.8) is 0 Å². The van der Waals surface area contributed by atoms with Gasteiger partial charge in [0.15, 0.2) is 0 Å².